The number of non-ortho nitro benzene ring substituents is 1. The third kappa shape index (κ3) is 2.01. The Kier molecular flexibility index (Phi) is 2.84. The van der Waals surface area contributed by atoms with E-state index in [9.17, 15) is 14.9 Å². The van der Waals surface area contributed by atoms with Gasteiger partial charge in [0.2, 0.25) is 5.76 Å². The number of hydrogen-bond donors (Lipinski definition) is 0. The van der Waals surface area contributed by atoms with Crippen LogP contribution in [0.3, 0.4) is 0 Å². The minimum absolute atomic E-state index is 0.00342. The minimum atomic E-state index is -0.629. The van der Waals surface area contributed by atoms with Crippen LogP contribution < -0.4 is 0 Å². The van der Waals surface area contributed by atoms with Crippen molar-refractivity contribution in [1.82, 2.24) is 0 Å². The Hall–Kier alpha value is -1.89. The molecule has 0 spiro atoms. The highest BCUT2D eigenvalue weighted by Crippen LogP contribution is 2.31. The standard InChI is InChI=1S/C10H6BrNO5/c1-16-10(13)8-3-5-2-6(12(14)15)4-7(11)9(5)17-8/h2-4H,1H3. The van der Waals surface area contributed by atoms with Crippen molar-refractivity contribution in [3.63, 3.8) is 0 Å². The van der Waals surface area contributed by atoms with Crippen LogP contribution in [0.25, 0.3) is 11.0 Å². The second-order valence-corrected chi connectivity index (χ2v) is 4.06. The average Bonchev–Trinajstić information content (AvgIpc) is 2.72. The second kappa shape index (κ2) is 4.17. The Bertz CT molecular complexity index is 618. The number of furan rings is 1. The van der Waals surface area contributed by atoms with E-state index in [1.807, 2.05) is 0 Å². The molecular weight excluding hydrogens is 294 g/mol. The fraction of sp³-hybridized carbons (Fsp3) is 0.100. The normalized spacial score (nSPS) is 10.5. The van der Waals surface area contributed by atoms with Crippen LogP contribution in [0.15, 0.2) is 27.1 Å². The molecule has 88 valence electrons. The average molecular weight is 300 g/mol. The number of carbonyl (C=O) groups excluding carboxylic acids is 1. The zero-order chi connectivity index (χ0) is 12.6. The lowest BCUT2D eigenvalue weighted by Gasteiger charge is -1.94. The Morgan fingerprint density at radius 2 is 2.18 bits per heavy atom. The summed E-state index contributed by atoms with van der Waals surface area (Å²) in [5, 5.41) is 11.1. The summed E-state index contributed by atoms with van der Waals surface area (Å²) in [7, 11) is 1.23. The van der Waals surface area contributed by atoms with Crippen LogP contribution in [0.2, 0.25) is 0 Å². The first-order valence-electron chi connectivity index (χ1n) is 4.48. The van der Waals surface area contributed by atoms with E-state index in [1.54, 1.807) is 0 Å². The Morgan fingerprint density at radius 1 is 1.47 bits per heavy atom. The van der Waals surface area contributed by atoms with Crippen molar-refractivity contribution in [2.45, 2.75) is 0 Å². The number of rotatable bonds is 2. The van der Waals surface area contributed by atoms with Gasteiger partial charge in [-0.15, -0.1) is 0 Å². The van der Waals surface area contributed by atoms with Gasteiger partial charge in [-0.3, -0.25) is 10.1 Å². The molecule has 1 heterocycles. The highest BCUT2D eigenvalue weighted by Gasteiger charge is 2.17. The molecule has 17 heavy (non-hydrogen) atoms. The first-order valence-corrected chi connectivity index (χ1v) is 5.28. The van der Waals surface area contributed by atoms with Gasteiger partial charge in [0.25, 0.3) is 5.69 Å². The van der Waals surface area contributed by atoms with E-state index in [0.717, 1.165) is 0 Å². The first kappa shape index (κ1) is 11.6. The summed E-state index contributed by atoms with van der Waals surface area (Å²) >= 11 is 3.15. The third-order valence-corrected chi connectivity index (χ3v) is 2.74. The lowest BCUT2D eigenvalue weighted by molar-refractivity contribution is -0.384. The summed E-state index contributed by atoms with van der Waals surface area (Å²) in [5.74, 6) is -0.626. The highest BCUT2D eigenvalue weighted by molar-refractivity contribution is 9.10. The van der Waals surface area contributed by atoms with Crippen molar-refractivity contribution in [2.75, 3.05) is 7.11 Å². The smallest absolute Gasteiger partial charge is 0.373 e. The van der Waals surface area contributed by atoms with Crippen LogP contribution in [0.1, 0.15) is 10.6 Å². The molecule has 2 aromatic rings. The number of carbonyl (C=O) groups is 1. The van der Waals surface area contributed by atoms with Gasteiger partial charge in [-0.1, -0.05) is 0 Å². The van der Waals surface area contributed by atoms with Crippen molar-refractivity contribution in [3.05, 3.63) is 38.5 Å². The highest BCUT2D eigenvalue weighted by atomic mass is 79.9. The van der Waals surface area contributed by atoms with Crippen molar-refractivity contribution in [1.29, 1.82) is 0 Å². The molecule has 0 unspecified atom stereocenters. The molecule has 0 amide bonds. The maximum atomic E-state index is 11.2. The zero-order valence-corrected chi connectivity index (χ0v) is 10.2. The molecule has 0 N–H and O–H groups in total. The van der Waals surface area contributed by atoms with E-state index in [2.05, 4.69) is 20.7 Å². The number of esters is 1. The van der Waals surface area contributed by atoms with E-state index in [4.69, 9.17) is 4.42 Å². The Labute approximate surface area is 103 Å². The minimum Gasteiger partial charge on any atom is -0.463 e. The number of nitrogens with zero attached hydrogens (tertiary/aromatic N) is 1. The molecular formula is C10H6BrNO5. The summed E-state index contributed by atoms with van der Waals surface area (Å²) in [5.41, 5.74) is 0.289. The second-order valence-electron chi connectivity index (χ2n) is 3.21. The van der Waals surface area contributed by atoms with Gasteiger partial charge in [-0.25, -0.2) is 4.79 Å². The molecule has 1 aromatic heterocycles. The topological polar surface area (TPSA) is 82.6 Å². The number of ether oxygens (including phenoxy) is 1. The lowest BCUT2D eigenvalue weighted by Crippen LogP contribution is -1.97. The van der Waals surface area contributed by atoms with Gasteiger partial charge in [0, 0.05) is 17.5 Å². The SMILES string of the molecule is COC(=O)c1cc2cc([N+](=O)[O-])cc(Br)c2o1. The summed E-state index contributed by atoms with van der Waals surface area (Å²) in [6, 6.07) is 4.04. The van der Waals surface area contributed by atoms with Gasteiger partial charge in [0.1, 0.15) is 5.58 Å². The van der Waals surface area contributed by atoms with Crippen LogP contribution in [0.5, 0.6) is 0 Å². The van der Waals surface area contributed by atoms with Gasteiger partial charge in [0.15, 0.2) is 0 Å². The maximum absolute atomic E-state index is 11.2. The number of halogens is 1. The third-order valence-electron chi connectivity index (χ3n) is 2.15. The lowest BCUT2D eigenvalue weighted by atomic mass is 10.2. The van der Waals surface area contributed by atoms with Crippen molar-refractivity contribution < 1.29 is 18.9 Å². The predicted octanol–water partition coefficient (Wildman–Crippen LogP) is 2.89. The molecule has 0 saturated carbocycles. The van der Waals surface area contributed by atoms with Crippen LogP contribution >= 0.6 is 15.9 Å². The van der Waals surface area contributed by atoms with Crippen LogP contribution in [-0.4, -0.2) is 18.0 Å². The molecule has 0 atom stereocenters. The molecule has 6 nitrogen and oxygen atoms in total. The van der Waals surface area contributed by atoms with Gasteiger partial charge in [-0.2, -0.15) is 0 Å². The van der Waals surface area contributed by atoms with Gasteiger partial charge < -0.3 is 9.15 Å². The molecule has 0 saturated heterocycles. The molecule has 0 aliphatic heterocycles. The quantitative estimate of drug-likeness (QED) is 0.484. The van der Waals surface area contributed by atoms with Gasteiger partial charge >= 0.3 is 5.97 Å². The fourth-order valence-corrected chi connectivity index (χ4v) is 1.95. The molecule has 0 aliphatic carbocycles. The molecule has 0 aliphatic rings. The first-order chi connectivity index (χ1) is 8.02. The van der Waals surface area contributed by atoms with E-state index < -0.39 is 10.9 Å². The van der Waals surface area contributed by atoms with Gasteiger partial charge in [0.05, 0.1) is 16.5 Å². The Balaban J connectivity index is 2.64. The van der Waals surface area contributed by atoms with Crippen molar-refractivity contribution in [3.8, 4) is 0 Å². The number of nitro groups is 1. The van der Waals surface area contributed by atoms with E-state index in [0.29, 0.717) is 15.4 Å². The monoisotopic (exact) mass is 299 g/mol. The number of nitro benzene ring substituents is 1. The van der Waals surface area contributed by atoms with E-state index >= 15 is 0 Å². The fourth-order valence-electron chi connectivity index (χ4n) is 1.40. The summed E-state index contributed by atoms with van der Waals surface area (Å²) in [6.45, 7) is 0. The summed E-state index contributed by atoms with van der Waals surface area (Å²) < 4.78 is 10.2. The number of fused-ring (bicyclic) bond motifs is 1. The number of hydrogen-bond acceptors (Lipinski definition) is 5. The maximum Gasteiger partial charge on any atom is 0.373 e. The molecule has 0 radical (unpaired) electrons. The Morgan fingerprint density at radius 3 is 2.76 bits per heavy atom. The van der Waals surface area contributed by atoms with Crippen LogP contribution in [0.4, 0.5) is 5.69 Å². The zero-order valence-electron chi connectivity index (χ0n) is 8.60. The molecule has 0 fully saturated rings. The predicted molar refractivity (Wildman–Crippen MR) is 61.9 cm³/mol. The summed E-state index contributed by atoms with van der Waals surface area (Å²) in [4.78, 5) is 21.4. The molecule has 7 heteroatoms. The van der Waals surface area contributed by atoms with Crippen molar-refractivity contribution >= 4 is 38.6 Å². The summed E-state index contributed by atoms with van der Waals surface area (Å²) in [6.07, 6.45) is 0. The molecule has 2 rings (SSSR count). The van der Waals surface area contributed by atoms with Crippen molar-refractivity contribution in [2.24, 2.45) is 0 Å². The van der Waals surface area contributed by atoms with Crippen LogP contribution in [-0.2, 0) is 4.74 Å². The largest absolute Gasteiger partial charge is 0.463 e. The van der Waals surface area contributed by atoms with E-state index in [1.165, 1.54) is 25.3 Å². The number of methoxy groups -OCH3 is 1. The van der Waals surface area contributed by atoms with Gasteiger partial charge in [-0.05, 0) is 22.0 Å². The molecule has 0 bridgehead atoms. The molecule has 1 aromatic carbocycles. The number of benzene rings is 1. The van der Waals surface area contributed by atoms with E-state index in [-0.39, 0.29) is 11.4 Å². The van der Waals surface area contributed by atoms with Crippen LogP contribution in [0, 0.1) is 10.1 Å².